The summed E-state index contributed by atoms with van der Waals surface area (Å²) in [4.78, 5) is 16.1. The highest BCUT2D eigenvalue weighted by molar-refractivity contribution is 5.69. The summed E-state index contributed by atoms with van der Waals surface area (Å²) in [5, 5.41) is 8.11. The van der Waals surface area contributed by atoms with E-state index in [-0.39, 0.29) is 12.1 Å². The number of hydrogen-bond acceptors (Lipinski definition) is 6. The van der Waals surface area contributed by atoms with Gasteiger partial charge in [0, 0.05) is 25.7 Å². The summed E-state index contributed by atoms with van der Waals surface area (Å²) >= 11 is 0. The van der Waals surface area contributed by atoms with Crippen molar-refractivity contribution >= 4 is 17.7 Å². The van der Waals surface area contributed by atoms with Crippen LogP contribution in [0.3, 0.4) is 0 Å². The van der Waals surface area contributed by atoms with Gasteiger partial charge in [0.15, 0.2) is 5.82 Å². The topological polar surface area (TPSA) is 84.6 Å². The van der Waals surface area contributed by atoms with Crippen LogP contribution in [-0.4, -0.2) is 52.5 Å². The molecule has 0 saturated carbocycles. The van der Waals surface area contributed by atoms with Crippen LogP contribution in [0.1, 0.15) is 33.3 Å². The van der Waals surface area contributed by atoms with E-state index in [0.717, 1.165) is 11.4 Å². The second-order valence-corrected chi connectivity index (χ2v) is 6.74. The van der Waals surface area contributed by atoms with Crippen LogP contribution in [0.2, 0.25) is 0 Å². The number of amides is 1. The van der Waals surface area contributed by atoms with Crippen LogP contribution >= 0.6 is 0 Å². The van der Waals surface area contributed by atoms with Gasteiger partial charge in [-0.25, -0.2) is 4.79 Å². The van der Waals surface area contributed by atoms with Gasteiger partial charge in [-0.3, -0.25) is 0 Å². The normalized spacial score (nSPS) is 19.2. The fourth-order valence-electron chi connectivity index (χ4n) is 2.55. The molecule has 1 saturated heterocycles. The molecule has 22 heavy (non-hydrogen) atoms. The Hall–Kier alpha value is -2.05. The van der Waals surface area contributed by atoms with E-state index < -0.39 is 5.60 Å². The number of aromatic nitrogens is 2. The molecule has 1 fully saturated rings. The van der Waals surface area contributed by atoms with E-state index in [9.17, 15) is 4.79 Å². The van der Waals surface area contributed by atoms with E-state index >= 15 is 0 Å². The summed E-state index contributed by atoms with van der Waals surface area (Å²) in [6.45, 7) is 11.6. The zero-order valence-electron chi connectivity index (χ0n) is 14.0. The number of anilines is 2. The predicted molar refractivity (Wildman–Crippen MR) is 85.8 cm³/mol. The van der Waals surface area contributed by atoms with E-state index in [0.29, 0.717) is 25.5 Å². The Kier molecular flexibility index (Phi) is 4.44. The summed E-state index contributed by atoms with van der Waals surface area (Å²) in [5.41, 5.74) is 6.16. The van der Waals surface area contributed by atoms with Crippen LogP contribution in [-0.2, 0) is 4.74 Å². The van der Waals surface area contributed by atoms with Crippen LogP contribution in [0.15, 0.2) is 6.07 Å². The maximum atomic E-state index is 12.2. The number of aryl methyl sites for hydroxylation is 1. The number of carbonyl (C=O) groups excluding carboxylic acids is 1. The Labute approximate surface area is 131 Å². The number of nitrogen functional groups attached to an aromatic ring is 1. The third-order valence-corrected chi connectivity index (χ3v) is 3.53. The van der Waals surface area contributed by atoms with Gasteiger partial charge < -0.3 is 20.3 Å². The van der Waals surface area contributed by atoms with Crippen molar-refractivity contribution in [1.82, 2.24) is 15.1 Å². The number of carbonyl (C=O) groups is 1. The first-order chi connectivity index (χ1) is 10.2. The molecule has 1 aliphatic rings. The molecule has 122 valence electrons. The van der Waals surface area contributed by atoms with Crippen molar-refractivity contribution in [2.24, 2.45) is 0 Å². The lowest BCUT2D eigenvalue weighted by Gasteiger charge is -2.40. The van der Waals surface area contributed by atoms with Gasteiger partial charge in [0.25, 0.3) is 0 Å². The summed E-state index contributed by atoms with van der Waals surface area (Å²) in [6, 6.07) is 1.86. The number of ether oxygens (including phenoxy) is 1. The van der Waals surface area contributed by atoms with Gasteiger partial charge in [0.2, 0.25) is 0 Å². The summed E-state index contributed by atoms with van der Waals surface area (Å²) < 4.78 is 5.45. The number of nitrogens with zero attached hydrogens (tertiary/aromatic N) is 4. The summed E-state index contributed by atoms with van der Waals surface area (Å²) in [5.74, 6) is 1.24. The van der Waals surface area contributed by atoms with Crippen LogP contribution in [0.25, 0.3) is 0 Å². The van der Waals surface area contributed by atoms with Crippen molar-refractivity contribution < 1.29 is 9.53 Å². The van der Waals surface area contributed by atoms with E-state index in [1.54, 1.807) is 4.90 Å². The fourth-order valence-corrected chi connectivity index (χ4v) is 2.55. The minimum Gasteiger partial charge on any atom is -0.444 e. The molecule has 0 unspecified atom stereocenters. The molecule has 0 spiro atoms. The number of hydrogen-bond donors (Lipinski definition) is 1. The Morgan fingerprint density at radius 1 is 1.36 bits per heavy atom. The second kappa shape index (κ2) is 5.98. The lowest BCUT2D eigenvalue weighted by Crippen LogP contribution is -2.55. The molecular weight excluding hydrogens is 282 g/mol. The Bertz CT molecular complexity index is 555. The van der Waals surface area contributed by atoms with Gasteiger partial charge in [-0.2, -0.15) is 0 Å². The van der Waals surface area contributed by atoms with Crippen LogP contribution in [0.5, 0.6) is 0 Å². The zero-order chi connectivity index (χ0) is 16.5. The fraction of sp³-hybridized carbons (Fsp3) is 0.667. The monoisotopic (exact) mass is 307 g/mol. The minimum atomic E-state index is -0.479. The first-order valence-corrected chi connectivity index (χ1v) is 7.52. The molecule has 1 amide bonds. The van der Waals surface area contributed by atoms with E-state index in [1.807, 2.05) is 40.7 Å². The van der Waals surface area contributed by atoms with Crippen molar-refractivity contribution in [3.8, 4) is 0 Å². The Morgan fingerprint density at radius 2 is 2.05 bits per heavy atom. The quantitative estimate of drug-likeness (QED) is 0.852. The van der Waals surface area contributed by atoms with Crippen LogP contribution < -0.4 is 10.6 Å². The second-order valence-electron chi connectivity index (χ2n) is 6.74. The first kappa shape index (κ1) is 16.3. The molecule has 0 radical (unpaired) electrons. The third-order valence-electron chi connectivity index (χ3n) is 3.53. The molecule has 2 heterocycles. The standard InChI is InChI=1S/C15H25N5O2/c1-10-8-12(16)17-18-13(10)19-6-7-20(11(2)9-19)14(21)22-15(3,4)5/h8,11H,6-7,9H2,1-5H3,(H2,16,17)/t11-/m0/s1. The molecule has 7 heteroatoms. The summed E-state index contributed by atoms with van der Waals surface area (Å²) in [6.07, 6.45) is -0.264. The van der Waals surface area contributed by atoms with Gasteiger partial charge in [-0.15, -0.1) is 10.2 Å². The highest BCUT2D eigenvalue weighted by atomic mass is 16.6. The average Bonchev–Trinajstić information content (AvgIpc) is 2.36. The molecule has 1 aliphatic heterocycles. The van der Waals surface area contributed by atoms with Crippen molar-refractivity contribution in [3.05, 3.63) is 11.6 Å². The van der Waals surface area contributed by atoms with Crippen molar-refractivity contribution in [3.63, 3.8) is 0 Å². The number of rotatable bonds is 1. The minimum absolute atomic E-state index is 0.0438. The van der Waals surface area contributed by atoms with Gasteiger partial charge in [0.1, 0.15) is 11.4 Å². The summed E-state index contributed by atoms with van der Waals surface area (Å²) in [7, 11) is 0. The maximum Gasteiger partial charge on any atom is 0.410 e. The highest BCUT2D eigenvalue weighted by Crippen LogP contribution is 2.22. The van der Waals surface area contributed by atoms with Gasteiger partial charge in [0.05, 0.1) is 0 Å². The van der Waals surface area contributed by atoms with E-state index in [1.165, 1.54) is 0 Å². The molecule has 1 atom stereocenters. The molecule has 7 nitrogen and oxygen atoms in total. The van der Waals surface area contributed by atoms with Crippen LogP contribution in [0, 0.1) is 6.92 Å². The van der Waals surface area contributed by atoms with Crippen LogP contribution in [0.4, 0.5) is 16.4 Å². The first-order valence-electron chi connectivity index (χ1n) is 7.52. The lowest BCUT2D eigenvalue weighted by atomic mass is 10.1. The van der Waals surface area contributed by atoms with Crippen molar-refractivity contribution in [2.75, 3.05) is 30.3 Å². The Balaban J connectivity index is 2.05. The maximum absolute atomic E-state index is 12.2. The Morgan fingerprint density at radius 3 is 2.59 bits per heavy atom. The highest BCUT2D eigenvalue weighted by Gasteiger charge is 2.31. The smallest absolute Gasteiger partial charge is 0.410 e. The van der Waals surface area contributed by atoms with Crippen molar-refractivity contribution in [2.45, 2.75) is 46.3 Å². The SMILES string of the molecule is Cc1cc(N)nnc1N1CCN(C(=O)OC(C)(C)C)[C@@H](C)C1. The van der Waals surface area contributed by atoms with Gasteiger partial charge in [-0.05, 0) is 46.2 Å². The molecule has 1 aromatic heterocycles. The molecule has 0 aliphatic carbocycles. The van der Waals surface area contributed by atoms with E-state index in [4.69, 9.17) is 10.5 Å². The predicted octanol–water partition coefficient (Wildman–Crippen LogP) is 1.81. The molecule has 1 aromatic rings. The molecule has 2 N–H and O–H groups in total. The number of piperazine rings is 1. The number of nitrogens with two attached hydrogens (primary N) is 1. The third kappa shape index (κ3) is 3.78. The van der Waals surface area contributed by atoms with E-state index in [2.05, 4.69) is 15.1 Å². The average molecular weight is 307 g/mol. The largest absolute Gasteiger partial charge is 0.444 e. The zero-order valence-corrected chi connectivity index (χ0v) is 14.0. The molecule has 0 bridgehead atoms. The molecular formula is C15H25N5O2. The lowest BCUT2D eigenvalue weighted by molar-refractivity contribution is 0.0158. The van der Waals surface area contributed by atoms with Gasteiger partial charge >= 0.3 is 6.09 Å². The molecule has 0 aromatic carbocycles. The van der Waals surface area contributed by atoms with Gasteiger partial charge in [-0.1, -0.05) is 0 Å². The van der Waals surface area contributed by atoms with Crippen molar-refractivity contribution in [1.29, 1.82) is 0 Å². The molecule has 2 rings (SSSR count).